The van der Waals surface area contributed by atoms with Gasteiger partial charge in [0.25, 0.3) is 0 Å². The van der Waals surface area contributed by atoms with Crippen molar-refractivity contribution in [1.82, 2.24) is 0 Å². The molecular weight excluding hydrogens is 200 g/mol. The van der Waals surface area contributed by atoms with E-state index < -0.39 is 5.97 Å². The van der Waals surface area contributed by atoms with E-state index in [-0.39, 0.29) is 11.3 Å². The van der Waals surface area contributed by atoms with Crippen LogP contribution in [0.4, 0.5) is 0 Å². The summed E-state index contributed by atoms with van der Waals surface area (Å²) in [5.41, 5.74) is 0.0256. The van der Waals surface area contributed by atoms with Crippen molar-refractivity contribution < 1.29 is 9.90 Å². The van der Waals surface area contributed by atoms with Crippen LogP contribution in [0.1, 0.15) is 72.6 Å². The molecule has 1 atom stereocenters. The van der Waals surface area contributed by atoms with Gasteiger partial charge >= 0.3 is 5.97 Å². The van der Waals surface area contributed by atoms with Crippen LogP contribution in [0.5, 0.6) is 0 Å². The number of aliphatic carboxylic acids is 1. The highest BCUT2D eigenvalue weighted by Gasteiger charge is 2.37. The molecule has 2 nitrogen and oxygen atoms in total. The van der Waals surface area contributed by atoms with Gasteiger partial charge in [0, 0.05) is 0 Å². The molecule has 0 rings (SSSR count). The Kier molecular flexibility index (Phi) is 7.44. The van der Waals surface area contributed by atoms with Crippen molar-refractivity contribution in [3.63, 3.8) is 0 Å². The first-order valence-electron chi connectivity index (χ1n) is 6.76. The summed E-state index contributed by atoms with van der Waals surface area (Å²) in [7, 11) is 0. The molecule has 0 aliphatic carbocycles. The standard InChI is InChI=1S/C14H28O2/c1-5-8-10-14(7-3,11-9-6-2)12(4)13(15)16/h12H,5-11H2,1-4H3,(H,15,16). The average Bonchev–Trinajstić information content (AvgIpc) is 2.29. The zero-order valence-electron chi connectivity index (χ0n) is 11.4. The quantitative estimate of drug-likeness (QED) is 0.631. The minimum absolute atomic E-state index is 0.0256. The van der Waals surface area contributed by atoms with Crippen molar-refractivity contribution in [3.05, 3.63) is 0 Å². The summed E-state index contributed by atoms with van der Waals surface area (Å²) in [6, 6.07) is 0. The van der Waals surface area contributed by atoms with Gasteiger partial charge in [-0.15, -0.1) is 0 Å². The molecule has 0 bridgehead atoms. The van der Waals surface area contributed by atoms with Gasteiger partial charge < -0.3 is 5.11 Å². The van der Waals surface area contributed by atoms with E-state index in [1.165, 1.54) is 0 Å². The number of carboxylic acids is 1. The van der Waals surface area contributed by atoms with Gasteiger partial charge in [0.1, 0.15) is 0 Å². The predicted molar refractivity (Wildman–Crippen MR) is 68.6 cm³/mol. The average molecular weight is 228 g/mol. The number of carbonyl (C=O) groups is 1. The summed E-state index contributed by atoms with van der Waals surface area (Å²) in [5.74, 6) is -0.843. The Bertz CT molecular complexity index is 191. The molecule has 0 saturated heterocycles. The maximum Gasteiger partial charge on any atom is 0.306 e. The molecule has 0 aliphatic rings. The second kappa shape index (κ2) is 7.70. The number of hydrogen-bond donors (Lipinski definition) is 1. The van der Waals surface area contributed by atoms with Gasteiger partial charge in [-0.05, 0) is 24.7 Å². The first-order valence-corrected chi connectivity index (χ1v) is 6.76. The monoisotopic (exact) mass is 228 g/mol. The Hall–Kier alpha value is -0.530. The highest BCUT2D eigenvalue weighted by Crippen LogP contribution is 2.42. The fraction of sp³-hybridized carbons (Fsp3) is 0.929. The molecule has 0 saturated carbocycles. The second-order valence-electron chi connectivity index (χ2n) is 4.98. The van der Waals surface area contributed by atoms with Crippen LogP contribution in [-0.2, 0) is 4.79 Å². The number of carboxylic acid groups (broad SMARTS) is 1. The van der Waals surface area contributed by atoms with Crippen molar-refractivity contribution >= 4 is 5.97 Å². The summed E-state index contributed by atoms with van der Waals surface area (Å²) >= 11 is 0. The zero-order chi connectivity index (χ0) is 12.6. The topological polar surface area (TPSA) is 37.3 Å². The van der Waals surface area contributed by atoms with E-state index in [4.69, 9.17) is 0 Å². The third-order valence-electron chi connectivity index (χ3n) is 4.05. The fourth-order valence-electron chi connectivity index (χ4n) is 2.54. The minimum Gasteiger partial charge on any atom is -0.481 e. The summed E-state index contributed by atoms with van der Waals surface area (Å²) in [6.45, 7) is 8.37. The van der Waals surface area contributed by atoms with Crippen LogP contribution >= 0.6 is 0 Å². The van der Waals surface area contributed by atoms with Crippen LogP contribution < -0.4 is 0 Å². The molecule has 0 radical (unpaired) electrons. The van der Waals surface area contributed by atoms with Gasteiger partial charge in [0.15, 0.2) is 0 Å². The van der Waals surface area contributed by atoms with E-state index in [0.29, 0.717) is 0 Å². The van der Waals surface area contributed by atoms with Gasteiger partial charge in [-0.25, -0.2) is 0 Å². The van der Waals surface area contributed by atoms with Crippen molar-refractivity contribution in [2.45, 2.75) is 72.6 Å². The normalized spacial score (nSPS) is 13.8. The third kappa shape index (κ3) is 4.15. The lowest BCUT2D eigenvalue weighted by molar-refractivity contribution is -0.146. The summed E-state index contributed by atoms with van der Waals surface area (Å²) < 4.78 is 0. The van der Waals surface area contributed by atoms with Crippen molar-refractivity contribution in [2.75, 3.05) is 0 Å². The molecule has 0 heterocycles. The smallest absolute Gasteiger partial charge is 0.306 e. The minimum atomic E-state index is -0.631. The summed E-state index contributed by atoms with van der Waals surface area (Å²) in [4.78, 5) is 11.2. The van der Waals surface area contributed by atoms with Gasteiger partial charge in [-0.3, -0.25) is 4.79 Å². The molecule has 16 heavy (non-hydrogen) atoms. The molecule has 0 aromatic rings. The molecule has 0 fully saturated rings. The molecular formula is C14H28O2. The van der Waals surface area contributed by atoms with Crippen LogP contribution in [0.25, 0.3) is 0 Å². The lowest BCUT2D eigenvalue weighted by Gasteiger charge is -2.37. The predicted octanol–water partition coefficient (Wildman–Crippen LogP) is 4.48. The van der Waals surface area contributed by atoms with Crippen LogP contribution in [0.2, 0.25) is 0 Å². The van der Waals surface area contributed by atoms with Crippen LogP contribution in [0, 0.1) is 11.3 Å². The maximum atomic E-state index is 11.2. The Morgan fingerprint density at radius 3 is 1.81 bits per heavy atom. The first kappa shape index (κ1) is 15.5. The number of hydrogen-bond acceptors (Lipinski definition) is 1. The van der Waals surface area contributed by atoms with Gasteiger partial charge in [-0.2, -0.15) is 0 Å². The van der Waals surface area contributed by atoms with Crippen LogP contribution in [0.15, 0.2) is 0 Å². The number of unbranched alkanes of at least 4 members (excludes halogenated alkanes) is 2. The molecule has 1 unspecified atom stereocenters. The molecule has 1 N–H and O–H groups in total. The molecule has 2 heteroatoms. The maximum absolute atomic E-state index is 11.2. The zero-order valence-corrected chi connectivity index (χ0v) is 11.4. The molecule has 0 spiro atoms. The Morgan fingerprint density at radius 2 is 1.56 bits per heavy atom. The summed E-state index contributed by atoms with van der Waals surface area (Å²) in [6.07, 6.45) is 7.71. The van der Waals surface area contributed by atoms with E-state index in [9.17, 15) is 9.90 Å². The van der Waals surface area contributed by atoms with E-state index in [0.717, 1.165) is 44.9 Å². The summed E-state index contributed by atoms with van der Waals surface area (Å²) in [5, 5.41) is 9.25. The highest BCUT2D eigenvalue weighted by atomic mass is 16.4. The molecule has 0 amide bonds. The third-order valence-corrected chi connectivity index (χ3v) is 4.05. The lowest BCUT2D eigenvalue weighted by atomic mass is 9.67. The van der Waals surface area contributed by atoms with E-state index >= 15 is 0 Å². The first-order chi connectivity index (χ1) is 7.54. The Morgan fingerprint density at radius 1 is 1.12 bits per heavy atom. The van der Waals surface area contributed by atoms with E-state index in [2.05, 4.69) is 20.8 Å². The fourth-order valence-corrected chi connectivity index (χ4v) is 2.54. The van der Waals surface area contributed by atoms with E-state index in [1.54, 1.807) is 0 Å². The van der Waals surface area contributed by atoms with Crippen molar-refractivity contribution in [3.8, 4) is 0 Å². The second-order valence-corrected chi connectivity index (χ2v) is 4.98. The van der Waals surface area contributed by atoms with Gasteiger partial charge in [0.05, 0.1) is 5.92 Å². The molecule has 0 aromatic heterocycles. The van der Waals surface area contributed by atoms with Crippen molar-refractivity contribution in [1.29, 1.82) is 0 Å². The largest absolute Gasteiger partial charge is 0.481 e. The van der Waals surface area contributed by atoms with Crippen LogP contribution in [-0.4, -0.2) is 11.1 Å². The molecule has 0 aromatic carbocycles. The molecule has 96 valence electrons. The number of rotatable bonds is 9. The van der Waals surface area contributed by atoms with Crippen LogP contribution in [0.3, 0.4) is 0 Å². The Balaban J connectivity index is 4.71. The van der Waals surface area contributed by atoms with Gasteiger partial charge in [0.2, 0.25) is 0 Å². The molecule has 0 aliphatic heterocycles. The SMILES string of the molecule is CCCCC(CC)(CCCC)C(C)C(=O)O. The van der Waals surface area contributed by atoms with E-state index in [1.807, 2.05) is 6.92 Å². The van der Waals surface area contributed by atoms with Crippen molar-refractivity contribution in [2.24, 2.45) is 11.3 Å². The lowest BCUT2D eigenvalue weighted by Crippen LogP contribution is -2.33. The Labute approximate surface area is 100 Å². The van der Waals surface area contributed by atoms with Gasteiger partial charge in [-0.1, -0.05) is 53.4 Å². The highest BCUT2D eigenvalue weighted by molar-refractivity contribution is 5.70.